The lowest BCUT2D eigenvalue weighted by Crippen LogP contribution is -2.30. The van der Waals surface area contributed by atoms with Crippen molar-refractivity contribution in [2.45, 2.75) is 104 Å². The number of unbranched alkanes of at least 4 members (excludes halogenated alkanes) is 4. The third kappa shape index (κ3) is 19.8. The third-order valence-corrected chi connectivity index (χ3v) is 7.62. The summed E-state index contributed by atoms with van der Waals surface area (Å²) in [6.45, 7) is 5.66. The Morgan fingerprint density at radius 1 is 0.635 bits per heavy atom. The van der Waals surface area contributed by atoms with Gasteiger partial charge in [-0.1, -0.05) is 112 Å². The third-order valence-electron chi connectivity index (χ3n) is 7.62. The van der Waals surface area contributed by atoms with Crippen molar-refractivity contribution in [2.75, 3.05) is 0 Å². The van der Waals surface area contributed by atoms with E-state index in [2.05, 4.69) is 84.1 Å². The Hall–Kier alpha value is -5.24. The molecule has 2 aromatic rings. The lowest BCUT2D eigenvalue weighted by molar-refractivity contribution is -0.133. The fourth-order valence-corrected chi connectivity index (χ4v) is 4.76. The van der Waals surface area contributed by atoms with Crippen LogP contribution in [0.1, 0.15) is 125 Å². The highest BCUT2D eigenvalue weighted by Gasteiger charge is 2.14. The van der Waals surface area contributed by atoms with E-state index >= 15 is 0 Å². The van der Waals surface area contributed by atoms with Crippen LogP contribution in [0.4, 0.5) is 11.4 Å². The number of nitrogens with zero attached hydrogens (tertiary/aromatic N) is 2. The molecular weight excluding hydrogens is 650 g/mol. The number of Topliss-reactive ketones (excluding diaryl/α,β-unsaturated/α-hetero) is 1. The largest absolute Gasteiger partial charge is 0.426 e. The van der Waals surface area contributed by atoms with Gasteiger partial charge in [0.05, 0.1) is 23.4 Å². The number of nitrogens with one attached hydrogen (secondary N) is 1. The number of benzene rings is 2. The first kappa shape index (κ1) is 42.9. The van der Waals surface area contributed by atoms with E-state index in [9.17, 15) is 19.2 Å². The van der Waals surface area contributed by atoms with Gasteiger partial charge in [-0.2, -0.15) is 10.2 Å². The average Bonchev–Trinajstić information content (AvgIpc) is 3.14. The van der Waals surface area contributed by atoms with Crippen LogP contribution in [0.15, 0.2) is 126 Å². The summed E-state index contributed by atoms with van der Waals surface area (Å²) >= 11 is 0. The van der Waals surface area contributed by atoms with Crippen molar-refractivity contribution in [3.05, 3.63) is 127 Å². The molecule has 0 radical (unpaired) electrons. The van der Waals surface area contributed by atoms with Crippen molar-refractivity contribution in [3.63, 3.8) is 0 Å². The molecule has 0 fully saturated rings. The highest BCUT2D eigenvalue weighted by molar-refractivity contribution is 6.04. The Labute approximate surface area is 310 Å². The first-order chi connectivity index (χ1) is 25.3. The number of carbonyl (C=O) groups is 4. The first-order valence-corrected chi connectivity index (χ1v) is 18.5. The number of amides is 2. The van der Waals surface area contributed by atoms with Gasteiger partial charge >= 0.3 is 5.97 Å². The molecule has 0 aromatic heterocycles. The lowest BCUT2D eigenvalue weighted by atomic mass is 10.1. The monoisotopic (exact) mass is 705 g/mol. The molecule has 8 heteroatoms. The zero-order valence-corrected chi connectivity index (χ0v) is 31.1. The van der Waals surface area contributed by atoms with Crippen LogP contribution in [0.25, 0.3) is 0 Å². The molecule has 0 saturated carbocycles. The maximum atomic E-state index is 12.5. The maximum absolute atomic E-state index is 12.5. The molecule has 0 heterocycles. The van der Waals surface area contributed by atoms with E-state index in [0.29, 0.717) is 29.8 Å². The van der Waals surface area contributed by atoms with Gasteiger partial charge in [0, 0.05) is 12.0 Å². The minimum Gasteiger partial charge on any atom is -0.426 e. The fraction of sp³-hybridized carbons (Fsp3) is 0.364. The SMILES string of the molecule is CC/C=C\C/C=C\C/C=C\C/C=C\C/C=C\C/C=C\CC(=O)Oc1ccc(N=Nc2ccc(C(=O)NC(=O)CCCCCCC)cc2)cc1C(C)=O. The van der Waals surface area contributed by atoms with Gasteiger partial charge in [0.2, 0.25) is 5.91 Å². The second kappa shape index (κ2) is 27.5. The van der Waals surface area contributed by atoms with Gasteiger partial charge in [0.25, 0.3) is 5.91 Å². The van der Waals surface area contributed by atoms with Gasteiger partial charge < -0.3 is 4.74 Å². The van der Waals surface area contributed by atoms with E-state index in [1.54, 1.807) is 36.4 Å². The van der Waals surface area contributed by atoms with Crippen molar-refractivity contribution >= 4 is 34.9 Å². The molecule has 0 saturated heterocycles. The van der Waals surface area contributed by atoms with Crippen LogP contribution in [0.3, 0.4) is 0 Å². The number of rotatable bonds is 24. The lowest BCUT2D eigenvalue weighted by Gasteiger charge is -2.08. The van der Waals surface area contributed by atoms with E-state index in [1.807, 2.05) is 12.2 Å². The van der Waals surface area contributed by atoms with Crippen LogP contribution in [-0.4, -0.2) is 23.6 Å². The van der Waals surface area contributed by atoms with Crippen molar-refractivity contribution in [1.29, 1.82) is 0 Å². The Morgan fingerprint density at radius 3 is 1.71 bits per heavy atom. The quantitative estimate of drug-likeness (QED) is 0.0291. The average molecular weight is 706 g/mol. The van der Waals surface area contributed by atoms with Gasteiger partial charge in [0.15, 0.2) is 5.78 Å². The van der Waals surface area contributed by atoms with Crippen LogP contribution in [0.2, 0.25) is 0 Å². The molecule has 0 bridgehead atoms. The summed E-state index contributed by atoms with van der Waals surface area (Å²) in [5.41, 5.74) is 1.44. The highest BCUT2D eigenvalue weighted by atomic mass is 16.5. The summed E-state index contributed by atoms with van der Waals surface area (Å²) in [7, 11) is 0. The van der Waals surface area contributed by atoms with Crippen LogP contribution < -0.4 is 10.1 Å². The Bertz CT molecular complexity index is 1610. The highest BCUT2D eigenvalue weighted by Crippen LogP contribution is 2.27. The van der Waals surface area contributed by atoms with Gasteiger partial charge in [0.1, 0.15) is 5.75 Å². The molecular formula is C44H55N3O5. The van der Waals surface area contributed by atoms with Gasteiger partial charge in [-0.25, -0.2) is 0 Å². The molecule has 0 aliphatic heterocycles. The van der Waals surface area contributed by atoms with Gasteiger partial charge in [-0.05, 0) is 94.3 Å². The predicted molar refractivity (Wildman–Crippen MR) is 211 cm³/mol. The minimum atomic E-state index is -0.477. The van der Waals surface area contributed by atoms with E-state index in [0.717, 1.165) is 64.2 Å². The fourth-order valence-electron chi connectivity index (χ4n) is 4.76. The molecule has 8 nitrogen and oxygen atoms in total. The molecule has 276 valence electrons. The smallest absolute Gasteiger partial charge is 0.315 e. The van der Waals surface area contributed by atoms with Crippen LogP contribution in [0.5, 0.6) is 5.75 Å². The minimum absolute atomic E-state index is 0.0741. The van der Waals surface area contributed by atoms with Crippen molar-refractivity contribution < 1.29 is 23.9 Å². The number of ketones is 1. The predicted octanol–water partition coefficient (Wildman–Crippen LogP) is 11.9. The molecule has 0 aliphatic rings. The number of hydrogen-bond acceptors (Lipinski definition) is 7. The number of allylic oxidation sites excluding steroid dienone is 11. The van der Waals surface area contributed by atoms with Gasteiger partial charge in [-0.15, -0.1) is 0 Å². The zero-order chi connectivity index (χ0) is 37.7. The number of carbonyl (C=O) groups excluding carboxylic acids is 4. The first-order valence-electron chi connectivity index (χ1n) is 18.5. The van der Waals surface area contributed by atoms with Crippen molar-refractivity contribution in [2.24, 2.45) is 10.2 Å². The molecule has 2 amide bonds. The van der Waals surface area contributed by atoms with E-state index in [4.69, 9.17) is 4.74 Å². The summed E-state index contributed by atoms with van der Waals surface area (Å²) in [6, 6.07) is 11.0. The van der Waals surface area contributed by atoms with E-state index in [-0.39, 0.29) is 29.4 Å². The summed E-state index contributed by atoms with van der Waals surface area (Å²) in [5.74, 6) is -1.34. The molecule has 0 aliphatic carbocycles. The van der Waals surface area contributed by atoms with Crippen LogP contribution in [0, 0.1) is 0 Å². The van der Waals surface area contributed by atoms with E-state index < -0.39 is 11.9 Å². The second-order valence-electron chi connectivity index (χ2n) is 12.1. The topological polar surface area (TPSA) is 114 Å². The number of azo groups is 1. The molecule has 0 atom stereocenters. The Kier molecular flexibility index (Phi) is 22.7. The van der Waals surface area contributed by atoms with Crippen molar-refractivity contribution in [3.8, 4) is 5.75 Å². The standard InChI is InChI=1S/C44H55N3O5/c1-4-6-8-10-11-12-13-14-15-16-17-18-19-20-21-22-24-26-28-43(50)52-41-34-33-39(35-40(41)36(3)48)47-46-38-31-29-37(30-32-38)44(51)45-42(49)27-25-23-9-7-5-2/h6,8,11-12,14-15,17-18,20-21,24,26,29-35H,4-5,7,9-10,13,16,19,22-23,25,27-28H2,1-3H3,(H,45,49,51)/b8-6-,12-11-,15-14-,18-17-,21-20-,26-24-,47-46?. The molecule has 2 aromatic carbocycles. The molecule has 2 rings (SSSR count). The van der Waals surface area contributed by atoms with E-state index in [1.165, 1.54) is 19.1 Å². The molecule has 0 unspecified atom stereocenters. The summed E-state index contributed by atoms with van der Waals surface area (Å²) in [4.78, 5) is 49.3. The van der Waals surface area contributed by atoms with Crippen LogP contribution in [-0.2, 0) is 9.59 Å². The zero-order valence-electron chi connectivity index (χ0n) is 31.1. The molecule has 1 N–H and O–H groups in total. The number of hydrogen-bond donors (Lipinski definition) is 1. The normalized spacial score (nSPS) is 12.1. The van der Waals surface area contributed by atoms with Crippen LogP contribution >= 0.6 is 0 Å². The van der Waals surface area contributed by atoms with Crippen molar-refractivity contribution in [1.82, 2.24) is 5.32 Å². The Morgan fingerprint density at radius 2 is 1.15 bits per heavy atom. The number of esters is 1. The molecule has 52 heavy (non-hydrogen) atoms. The maximum Gasteiger partial charge on any atom is 0.315 e. The number of ether oxygens (including phenoxy) is 1. The second-order valence-corrected chi connectivity index (χ2v) is 12.1. The summed E-state index contributed by atoms with van der Waals surface area (Å²) in [6.07, 6.45) is 36.2. The summed E-state index contributed by atoms with van der Waals surface area (Å²) in [5, 5.41) is 10.8. The molecule has 0 spiro atoms. The van der Waals surface area contributed by atoms with Gasteiger partial charge in [-0.3, -0.25) is 24.5 Å². The Balaban J connectivity index is 1.75. The summed E-state index contributed by atoms with van der Waals surface area (Å²) < 4.78 is 5.47. The number of imide groups is 1.